The second kappa shape index (κ2) is 14.4. The molecule has 253 valence electrons. The van der Waals surface area contributed by atoms with E-state index < -0.39 is 6.85 Å². The van der Waals surface area contributed by atoms with Gasteiger partial charge in [-0.3, -0.25) is 0 Å². The van der Waals surface area contributed by atoms with Gasteiger partial charge in [0, 0.05) is 42.0 Å². The normalized spacial score (nSPS) is 12.6. The summed E-state index contributed by atoms with van der Waals surface area (Å²) in [4.78, 5) is 13.7. The molecule has 0 N–H and O–H groups in total. The van der Waals surface area contributed by atoms with Gasteiger partial charge in [-0.2, -0.15) is 0 Å². The smallest absolute Gasteiger partial charge is 0.148 e. The Bertz CT molecular complexity index is 2530. The molecular weight excluding hydrogens is 811 g/mol. The molecule has 4 aromatic heterocycles. The van der Waals surface area contributed by atoms with Crippen LogP contribution in [0.2, 0.25) is 0 Å². The van der Waals surface area contributed by atoms with Crippen LogP contribution in [-0.2, 0) is 26.5 Å². The Hall–Kier alpha value is -4.48. The van der Waals surface area contributed by atoms with Gasteiger partial charge in [-0.25, -0.2) is 4.98 Å². The van der Waals surface area contributed by atoms with Crippen LogP contribution in [-0.4, -0.2) is 15.0 Å². The number of rotatable bonds is 4. The van der Waals surface area contributed by atoms with Crippen molar-refractivity contribution >= 4 is 43.5 Å². The number of aryl methyl sites for hydroxylation is 4. The zero-order valence-electron chi connectivity index (χ0n) is 31.9. The third-order valence-corrected chi connectivity index (χ3v) is 9.40. The fourth-order valence-electron chi connectivity index (χ4n) is 6.36. The Balaban J connectivity index is 0.000000289. The number of hydrogen-bond donors (Lipinski definition) is 0. The van der Waals surface area contributed by atoms with Crippen molar-refractivity contribution in [2.24, 2.45) is 5.41 Å². The van der Waals surface area contributed by atoms with Crippen LogP contribution in [0.1, 0.15) is 52.1 Å². The molecule has 0 aliphatic carbocycles. The molecule has 50 heavy (non-hydrogen) atoms. The fourth-order valence-corrected chi connectivity index (χ4v) is 7.08. The van der Waals surface area contributed by atoms with Gasteiger partial charge in [0.1, 0.15) is 11.1 Å². The first-order chi connectivity index (χ1) is 24.8. The SMILES string of the molecule is Cc1ccc(-c2[c-]cccc2)nc1.[2H]C([2H])([2H])c1nc2c(ccc3c4cc[c-]c(-c5cc(-c6c(C)cccc6C)c(CC(C)(C)C)cn5)c4oc32)s1.[Ir]. The molecule has 0 aliphatic heterocycles. The Labute approximate surface area is 316 Å². The Morgan fingerprint density at radius 1 is 0.800 bits per heavy atom. The van der Waals surface area contributed by atoms with E-state index in [1.54, 1.807) is 0 Å². The number of benzene rings is 4. The standard InChI is InChI=1S/C32H29N2OS.C12H10N.Ir/c1-18-9-7-10-19(2)28(18)25-15-26(33-17-21(25)16-32(4,5)6)24-12-8-11-22-23-13-14-27-29(34-20(3)36-27)31(23)35-30(22)24;1-10-7-8-12(13-9-10)11-5-3-2-4-6-11;/h7-11,13-15,17H,16H2,1-6H3;2-5,7-9H,1H3;/q2*-1;/i3D3;;. The minimum atomic E-state index is -2.26. The third-order valence-electron chi connectivity index (χ3n) is 8.57. The second-order valence-electron chi connectivity index (χ2n) is 13.7. The Kier molecular flexibility index (Phi) is 9.07. The van der Waals surface area contributed by atoms with E-state index in [9.17, 15) is 0 Å². The van der Waals surface area contributed by atoms with Crippen LogP contribution < -0.4 is 0 Å². The summed E-state index contributed by atoms with van der Waals surface area (Å²) in [5.41, 5.74) is 12.8. The predicted octanol–water partition coefficient (Wildman–Crippen LogP) is 12.1. The van der Waals surface area contributed by atoms with Crippen molar-refractivity contribution in [3.63, 3.8) is 0 Å². The molecular formula is C44H39IrN3OS-2. The topological polar surface area (TPSA) is 51.8 Å². The van der Waals surface area contributed by atoms with Crippen LogP contribution in [0.15, 0.2) is 102 Å². The largest absolute Gasteiger partial charge is 0.498 e. The molecule has 1 radical (unpaired) electrons. The summed E-state index contributed by atoms with van der Waals surface area (Å²) in [5, 5.41) is 1.94. The van der Waals surface area contributed by atoms with Crippen molar-refractivity contribution in [1.82, 2.24) is 15.0 Å². The molecule has 8 aromatic rings. The third kappa shape index (κ3) is 7.20. The number of nitrogens with zero attached hydrogens (tertiary/aromatic N) is 3. The maximum Gasteiger partial charge on any atom is 0.148 e. The van der Waals surface area contributed by atoms with Gasteiger partial charge in [-0.1, -0.05) is 74.2 Å². The van der Waals surface area contributed by atoms with Crippen LogP contribution in [0.3, 0.4) is 0 Å². The van der Waals surface area contributed by atoms with E-state index in [-0.39, 0.29) is 30.5 Å². The minimum Gasteiger partial charge on any atom is -0.498 e. The van der Waals surface area contributed by atoms with Gasteiger partial charge in [-0.15, -0.1) is 65.4 Å². The van der Waals surface area contributed by atoms with Crippen LogP contribution in [0.4, 0.5) is 0 Å². The van der Waals surface area contributed by atoms with Crippen molar-refractivity contribution in [1.29, 1.82) is 0 Å². The molecule has 0 saturated heterocycles. The monoisotopic (exact) mass is 853 g/mol. The molecule has 0 atom stereocenters. The molecule has 0 unspecified atom stereocenters. The maximum absolute atomic E-state index is 7.80. The minimum absolute atomic E-state index is 0. The number of furan rings is 1. The molecule has 4 aromatic carbocycles. The van der Waals surface area contributed by atoms with Gasteiger partial charge in [0.15, 0.2) is 0 Å². The van der Waals surface area contributed by atoms with Gasteiger partial charge in [-0.05, 0) is 90.3 Å². The summed E-state index contributed by atoms with van der Waals surface area (Å²) in [7, 11) is 0. The van der Waals surface area contributed by atoms with Gasteiger partial charge in [0.2, 0.25) is 0 Å². The van der Waals surface area contributed by atoms with Gasteiger partial charge >= 0.3 is 0 Å². The summed E-state index contributed by atoms with van der Waals surface area (Å²) < 4.78 is 30.7. The average Bonchev–Trinajstić information content (AvgIpc) is 3.72. The molecule has 0 saturated carbocycles. The molecule has 0 amide bonds. The van der Waals surface area contributed by atoms with Crippen LogP contribution in [0.25, 0.3) is 65.8 Å². The number of hydrogen-bond acceptors (Lipinski definition) is 5. The molecule has 0 fully saturated rings. The zero-order chi connectivity index (χ0) is 36.8. The summed E-state index contributed by atoms with van der Waals surface area (Å²) >= 11 is 1.18. The average molecular weight is 853 g/mol. The van der Waals surface area contributed by atoms with Crippen LogP contribution >= 0.6 is 11.3 Å². The molecule has 4 nitrogen and oxygen atoms in total. The second-order valence-corrected chi connectivity index (χ2v) is 14.8. The van der Waals surface area contributed by atoms with E-state index in [0.29, 0.717) is 16.7 Å². The molecule has 0 bridgehead atoms. The summed E-state index contributed by atoms with van der Waals surface area (Å²) in [6.45, 7) is 10.8. The first-order valence-corrected chi connectivity index (χ1v) is 17.2. The maximum atomic E-state index is 7.80. The summed E-state index contributed by atoms with van der Waals surface area (Å²) in [6, 6.07) is 34.8. The van der Waals surface area contributed by atoms with Gasteiger partial charge < -0.3 is 14.4 Å². The molecule has 0 aliphatic rings. The number of fused-ring (bicyclic) bond motifs is 5. The van der Waals surface area contributed by atoms with E-state index in [1.807, 2.05) is 73.9 Å². The van der Waals surface area contributed by atoms with E-state index in [1.165, 1.54) is 44.7 Å². The van der Waals surface area contributed by atoms with Crippen molar-refractivity contribution < 1.29 is 28.6 Å². The van der Waals surface area contributed by atoms with Crippen molar-refractivity contribution in [3.8, 4) is 33.6 Å². The summed E-state index contributed by atoms with van der Waals surface area (Å²) in [5.74, 6) is 0. The number of thiazole rings is 1. The van der Waals surface area contributed by atoms with Crippen LogP contribution in [0, 0.1) is 45.2 Å². The van der Waals surface area contributed by atoms with Crippen molar-refractivity contribution in [3.05, 3.63) is 137 Å². The fraction of sp³-hybridized carbons (Fsp3) is 0.205. The molecule has 8 rings (SSSR count). The molecule has 4 heterocycles. The van der Waals surface area contributed by atoms with E-state index in [0.717, 1.165) is 44.4 Å². The number of pyridine rings is 2. The Morgan fingerprint density at radius 2 is 1.58 bits per heavy atom. The van der Waals surface area contributed by atoms with Crippen molar-refractivity contribution in [2.45, 2.75) is 54.8 Å². The predicted molar refractivity (Wildman–Crippen MR) is 205 cm³/mol. The van der Waals surface area contributed by atoms with E-state index in [2.05, 4.69) is 87.1 Å². The van der Waals surface area contributed by atoms with Crippen molar-refractivity contribution in [2.75, 3.05) is 0 Å². The zero-order valence-corrected chi connectivity index (χ0v) is 32.1. The first kappa shape index (κ1) is 31.5. The first-order valence-electron chi connectivity index (χ1n) is 17.9. The van der Waals surface area contributed by atoms with Gasteiger partial charge in [0.05, 0.1) is 15.3 Å². The quantitative estimate of drug-likeness (QED) is 0.166. The van der Waals surface area contributed by atoms with E-state index >= 15 is 0 Å². The summed E-state index contributed by atoms with van der Waals surface area (Å²) in [6.07, 6.45) is 4.77. The molecule has 0 spiro atoms. The Morgan fingerprint density at radius 3 is 2.28 bits per heavy atom. The van der Waals surface area contributed by atoms with Crippen LogP contribution in [0.5, 0.6) is 0 Å². The number of aromatic nitrogens is 3. The van der Waals surface area contributed by atoms with Gasteiger partial charge in [0.25, 0.3) is 0 Å². The van der Waals surface area contributed by atoms with E-state index in [4.69, 9.17) is 13.5 Å². The molecule has 6 heteroatoms.